The number of hydrogen-bond acceptors (Lipinski definition) is 6. The van der Waals surface area contributed by atoms with E-state index in [9.17, 15) is 9.90 Å². The number of hydrogen-bond donors (Lipinski definition) is 2. The van der Waals surface area contributed by atoms with Gasteiger partial charge in [0, 0.05) is 17.0 Å². The Morgan fingerprint density at radius 2 is 1.58 bits per heavy atom. The maximum absolute atomic E-state index is 13.3. The summed E-state index contributed by atoms with van der Waals surface area (Å²) in [5.74, 6) is 0.227. The number of pyridine rings is 1. The highest BCUT2D eigenvalue weighted by atomic mass is 16.3. The van der Waals surface area contributed by atoms with E-state index in [0.717, 1.165) is 28.1 Å². The van der Waals surface area contributed by atoms with Gasteiger partial charge >= 0.3 is 5.69 Å². The Bertz CT molecular complexity index is 1520. The van der Waals surface area contributed by atoms with Crippen LogP contribution in [0.3, 0.4) is 0 Å². The molecule has 3 heterocycles. The minimum Gasteiger partial charge on any atom is -0.508 e. The molecule has 2 aromatic carbocycles. The van der Waals surface area contributed by atoms with Crippen LogP contribution in [0.15, 0.2) is 71.5 Å². The summed E-state index contributed by atoms with van der Waals surface area (Å²) in [4.78, 5) is 22.4. The van der Waals surface area contributed by atoms with Crippen LogP contribution in [0.1, 0.15) is 17.0 Å². The van der Waals surface area contributed by atoms with Gasteiger partial charge in [-0.2, -0.15) is 0 Å². The van der Waals surface area contributed by atoms with Gasteiger partial charge in [0.15, 0.2) is 5.65 Å². The molecule has 0 saturated heterocycles. The first-order chi connectivity index (χ1) is 15.9. The van der Waals surface area contributed by atoms with Crippen molar-refractivity contribution in [3.8, 4) is 28.1 Å². The topological polar surface area (TPSA) is 111 Å². The first kappa shape index (κ1) is 20.4. The molecular weight excluding hydrogens is 416 g/mol. The van der Waals surface area contributed by atoms with Crippen LogP contribution in [-0.4, -0.2) is 29.3 Å². The van der Waals surface area contributed by atoms with Crippen molar-refractivity contribution in [2.75, 3.05) is 5.73 Å². The fourth-order valence-electron chi connectivity index (χ4n) is 4.03. The molecule has 3 N–H and O–H groups in total. The molecule has 0 aliphatic rings. The molecule has 0 unspecified atom stereocenters. The number of aromatic nitrogens is 5. The Balaban J connectivity index is 1.81. The average molecular weight is 438 g/mol. The first-order valence-corrected chi connectivity index (χ1v) is 10.5. The van der Waals surface area contributed by atoms with Crippen molar-refractivity contribution in [3.63, 3.8) is 0 Å². The van der Waals surface area contributed by atoms with Gasteiger partial charge in [-0.3, -0.25) is 4.98 Å². The fraction of sp³-hybridized carbons (Fsp3) is 0.120. The third kappa shape index (κ3) is 3.71. The molecule has 0 aliphatic heterocycles. The van der Waals surface area contributed by atoms with Gasteiger partial charge in [-0.05, 0) is 49.2 Å². The molecule has 0 atom stereocenters. The van der Waals surface area contributed by atoms with Crippen LogP contribution in [-0.2, 0) is 6.54 Å². The lowest BCUT2D eigenvalue weighted by Crippen LogP contribution is -2.23. The molecule has 8 heteroatoms. The predicted molar refractivity (Wildman–Crippen MR) is 127 cm³/mol. The lowest BCUT2D eigenvalue weighted by atomic mass is 9.99. The lowest BCUT2D eigenvalue weighted by Gasteiger charge is -2.13. The third-order valence-corrected chi connectivity index (χ3v) is 5.44. The maximum Gasteiger partial charge on any atom is 0.353 e. The van der Waals surface area contributed by atoms with Gasteiger partial charge in [-0.1, -0.05) is 42.5 Å². The van der Waals surface area contributed by atoms with E-state index < -0.39 is 0 Å². The molecule has 33 heavy (non-hydrogen) atoms. The average Bonchev–Trinajstić information content (AvgIpc) is 3.11. The van der Waals surface area contributed by atoms with Crippen LogP contribution in [0.25, 0.3) is 28.0 Å². The van der Waals surface area contributed by atoms with Gasteiger partial charge in [-0.15, -0.1) is 5.10 Å². The largest absolute Gasteiger partial charge is 0.508 e. The van der Waals surface area contributed by atoms with E-state index in [1.54, 1.807) is 24.3 Å². The number of benzene rings is 2. The lowest BCUT2D eigenvalue weighted by molar-refractivity contribution is 0.475. The smallest absolute Gasteiger partial charge is 0.353 e. The number of fused-ring (bicyclic) bond motifs is 1. The van der Waals surface area contributed by atoms with Gasteiger partial charge in [0.05, 0.1) is 17.8 Å². The van der Waals surface area contributed by atoms with Gasteiger partial charge in [0.2, 0.25) is 5.95 Å². The van der Waals surface area contributed by atoms with E-state index in [-0.39, 0.29) is 23.9 Å². The van der Waals surface area contributed by atoms with E-state index in [1.165, 1.54) is 9.08 Å². The highest BCUT2D eigenvalue weighted by Crippen LogP contribution is 2.34. The zero-order valence-electron chi connectivity index (χ0n) is 18.2. The van der Waals surface area contributed by atoms with Crippen molar-refractivity contribution in [2.45, 2.75) is 20.4 Å². The number of phenols is 1. The van der Waals surface area contributed by atoms with Crippen LogP contribution in [0, 0.1) is 13.8 Å². The molecule has 0 fully saturated rings. The number of rotatable bonds is 4. The number of anilines is 1. The SMILES string of the molecule is Cc1cc(-c2c(-c3ccccc3)nc(N)n3c(=O)n(Cc4ccc(O)cc4)nc23)cc(C)n1. The minimum absolute atomic E-state index is 0.0667. The molecular formula is C25H22N6O2. The highest BCUT2D eigenvalue weighted by Gasteiger charge is 2.22. The van der Waals surface area contributed by atoms with Crippen molar-refractivity contribution in [1.82, 2.24) is 24.1 Å². The molecule has 0 saturated carbocycles. The summed E-state index contributed by atoms with van der Waals surface area (Å²) in [5, 5.41) is 14.2. The number of nitrogens with zero attached hydrogens (tertiary/aromatic N) is 5. The molecule has 0 bridgehead atoms. The number of aromatic hydroxyl groups is 1. The molecule has 5 aromatic rings. The molecule has 0 spiro atoms. The zero-order chi connectivity index (χ0) is 23.1. The van der Waals surface area contributed by atoms with Crippen molar-refractivity contribution in [2.24, 2.45) is 0 Å². The molecule has 0 aliphatic carbocycles. The Hall–Kier alpha value is -4.46. The molecule has 3 aromatic heterocycles. The predicted octanol–water partition coefficient (Wildman–Crippen LogP) is 3.57. The molecule has 8 nitrogen and oxygen atoms in total. The maximum atomic E-state index is 13.3. The fourth-order valence-corrected chi connectivity index (χ4v) is 4.03. The van der Waals surface area contributed by atoms with Crippen LogP contribution < -0.4 is 11.4 Å². The summed E-state index contributed by atoms with van der Waals surface area (Å²) in [7, 11) is 0. The highest BCUT2D eigenvalue weighted by molar-refractivity contribution is 5.90. The van der Waals surface area contributed by atoms with Gasteiger partial charge in [-0.25, -0.2) is 18.9 Å². The van der Waals surface area contributed by atoms with Gasteiger partial charge in [0.1, 0.15) is 5.75 Å². The Morgan fingerprint density at radius 3 is 2.24 bits per heavy atom. The Morgan fingerprint density at radius 1 is 0.909 bits per heavy atom. The quantitative estimate of drug-likeness (QED) is 0.444. The van der Waals surface area contributed by atoms with Crippen LogP contribution in [0.2, 0.25) is 0 Å². The van der Waals surface area contributed by atoms with Crippen LogP contribution in [0.4, 0.5) is 5.95 Å². The van der Waals surface area contributed by atoms with Gasteiger partial charge in [0.25, 0.3) is 0 Å². The summed E-state index contributed by atoms with van der Waals surface area (Å²) in [6, 6.07) is 20.3. The summed E-state index contributed by atoms with van der Waals surface area (Å²) >= 11 is 0. The van der Waals surface area contributed by atoms with E-state index >= 15 is 0 Å². The summed E-state index contributed by atoms with van der Waals surface area (Å²) in [6.45, 7) is 4.08. The van der Waals surface area contributed by atoms with Crippen LogP contribution >= 0.6 is 0 Å². The number of phenolic OH excluding ortho intramolecular Hbond substituents is 1. The first-order valence-electron chi connectivity index (χ1n) is 10.5. The van der Waals surface area contributed by atoms with Gasteiger partial charge < -0.3 is 10.8 Å². The monoisotopic (exact) mass is 438 g/mol. The third-order valence-electron chi connectivity index (χ3n) is 5.44. The molecule has 0 radical (unpaired) electrons. The number of nitrogens with two attached hydrogens (primary N) is 1. The number of nitrogen functional groups attached to an aromatic ring is 1. The van der Waals surface area contributed by atoms with E-state index in [1.807, 2.05) is 56.3 Å². The standard InChI is InChI=1S/C25H22N6O2/c1-15-12-19(13-16(2)27-15)21-22(18-6-4-3-5-7-18)28-24(26)31-23(21)29-30(25(31)33)14-17-8-10-20(32)11-9-17/h3-13,32H,14H2,1-2H3,(H2,26,28). The van der Waals surface area contributed by atoms with Crippen molar-refractivity contribution < 1.29 is 5.11 Å². The zero-order valence-corrected chi connectivity index (χ0v) is 18.2. The number of aryl methyl sites for hydroxylation is 2. The normalized spacial score (nSPS) is 11.2. The summed E-state index contributed by atoms with van der Waals surface area (Å²) < 4.78 is 2.70. The summed E-state index contributed by atoms with van der Waals surface area (Å²) in [6.07, 6.45) is 0. The summed E-state index contributed by atoms with van der Waals surface area (Å²) in [5.41, 5.74) is 11.9. The minimum atomic E-state index is -0.383. The molecule has 164 valence electrons. The Kier molecular flexibility index (Phi) is 4.90. The second-order valence-corrected chi connectivity index (χ2v) is 7.96. The second kappa shape index (κ2) is 7.90. The molecule has 0 amide bonds. The van der Waals surface area contributed by atoms with E-state index in [2.05, 4.69) is 15.1 Å². The van der Waals surface area contributed by atoms with Crippen molar-refractivity contribution in [1.29, 1.82) is 0 Å². The van der Waals surface area contributed by atoms with E-state index in [4.69, 9.17) is 5.73 Å². The molecule has 5 rings (SSSR count). The van der Waals surface area contributed by atoms with E-state index in [0.29, 0.717) is 16.9 Å². The van der Waals surface area contributed by atoms with Crippen molar-refractivity contribution >= 4 is 11.6 Å². The van der Waals surface area contributed by atoms with Crippen LogP contribution in [0.5, 0.6) is 5.75 Å². The second-order valence-electron chi connectivity index (χ2n) is 7.96. The Labute approximate surface area is 189 Å². The van der Waals surface area contributed by atoms with Crippen molar-refractivity contribution in [3.05, 3.63) is 94.2 Å².